The molecule has 2 aromatic carbocycles. The van der Waals surface area contributed by atoms with Crippen molar-refractivity contribution in [3.8, 4) is 5.75 Å². The molecule has 1 amide bonds. The van der Waals surface area contributed by atoms with Crippen molar-refractivity contribution in [2.24, 2.45) is 0 Å². The van der Waals surface area contributed by atoms with E-state index in [-0.39, 0.29) is 11.7 Å². The molecular formula is C19H23N3O3. The van der Waals surface area contributed by atoms with E-state index in [1.165, 1.54) is 0 Å². The van der Waals surface area contributed by atoms with E-state index in [0.29, 0.717) is 18.8 Å². The van der Waals surface area contributed by atoms with Crippen molar-refractivity contribution in [1.82, 2.24) is 10.6 Å². The molecule has 1 atom stereocenters. The van der Waals surface area contributed by atoms with Gasteiger partial charge in [-0.2, -0.15) is 0 Å². The first kappa shape index (κ1) is 17.3. The second-order valence-electron chi connectivity index (χ2n) is 6.11. The number of anilines is 1. The molecule has 1 unspecified atom stereocenters. The van der Waals surface area contributed by atoms with Crippen LogP contribution < -0.4 is 15.5 Å². The van der Waals surface area contributed by atoms with Crippen LogP contribution in [-0.4, -0.2) is 42.4 Å². The maximum Gasteiger partial charge on any atom is 0.254 e. The second kappa shape index (κ2) is 8.00. The van der Waals surface area contributed by atoms with Crippen molar-refractivity contribution in [1.29, 1.82) is 0 Å². The van der Waals surface area contributed by atoms with Crippen molar-refractivity contribution in [2.75, 3.05) is 31.2 Å². The molecule has 3 rings (SSSR count). The summed E-state index contributed by atoms with van der Waals surface area (Å²) >= 11 is 0. The van der Waals surface area contributed by atoms with Crippen LogP contribution in [0, 0.1) is 0 Å². The molecular weight excluding hydrogens is 318 g/mol. The Morgan fingerprint density at radius 2 is 1.92 bits per heavy atom. The molecule has 0 saturated carbocycles. The van der Waals surface area contributed by atoms with Gasteiger partial charge in [0.05, 0.1) is 24.0 Å². The zero-order valence-corrected chi connectivity index (χ0v) is 14.0. The standard InChI is InChI=1S/C19H23N3O3/c23-15-8-6-14(7-9-15)18(24)12-20-10-3-11-22-13-21-19(25)16-4-1-2-5-17(16)22/h1-2,4-9,18,20,23-24H,3,10-13H2,(H,21,25). The Labute approximate surface area is 147 Å². The molecule has 1 aliphatic heterocycles. The molecule has 0 radical (unpaired) electrons. The Morgan fingerprint density at radius 1 is 1.16 bits per heavy atom. The van der Waals surface area contributed by atoms with Gasteiger partial charge in [0.1, 0.15) is 5.75 Å². The summed E-state index contributed by atoms with van der Waals surface area (Å²) in [5.41, 5.74) is 2.46. The molecule has 4 N–H and O–H groups in total. The lowest BCUT2D eigenvalue weighted by molar-refractivity contribution is 0.0947. The lowest BCUT2D eigenvalue weighted by Crippen LogP contribution is -2.44. The predicted octanol–water partition coefficient (Wildman–Crippen LogP) is 1.61. The Morgan fingerprint density at radius 3 is 2.72 bits per heavy atom. The normalized spacial score (nSPS) is 14.8. The van der Waals surface area contributed by atoms with Gasteiger partial charge in [-0.05, 0) is 42.8 Å². The van der Waals surface area contributed by atoms with E-state index in [4.69, 9.17) is 0 Å². The van der Waals surface area contributed by atoms with E-state index in [1.807, 2.05) is 24.3 Å². The molecule has 6 nitrogen and oxygen atoms in total. The quantitative estimate of drug-likeness (QED) is 0.575. The summed E-state index contributed by atoms with van der Waals surface area (Å²) in [6, 6.07) is 14.2. The third kappa shape index (κ3) is 4.29. The number of nitrogens with one attached hydrogen (secondary N) is 2. The van der Waals surface area contributed by atoms with Crippen LogP contribution in [0.15, 0.2) is 48.5 Å². The van der Waals surface area contributed by atoms with E-state index in [9.17, 15) is 15.0 Å². The number of amides is 1. The highest BCUT2D eigenvalue weighted by Crippen LogP contribution is 2.23. The van der Waals surface area contributed by atoms with Gasteiger partial charge in [-0.3, -0.25) is 4.79 Å². The molecule has 2 aromatic rings. The SMILES string of the molecule is O=C1NCN(CCCNCC(O)c2ccc(O)cc2)c2ccccc21. The van der Waals surface area contributed by atoms with Crippen LogP contribution in [-0.2, 0) is 0 Å². The van der Waals surface area contributed by atoms with Gasteiger partial charge in [-0.15, -0.1) is 0 Å². The number of aromatic hydroxyl groups is 1. The molecule has 0 fully saturated rings. The summed E-state index contributed by atoms with van der Waals surface area (Å²) in [7, 11) is 0. The maximum atomic E-state index is 11.8. The largest absolute Gasteiger partial charge is 0.508 e. The summed E-state index contributed by atoms with van der Waals surface area (Å²) < 4.78 is 0. The first-order chi connectivity index (χ1) is 12.1. The van der Waals surface area contributed by atoms with Crippen molar-refractivity contribution < 1.29 is 15.0 Å². The number of hydrogen-bond donors (Lipinski definition) is 4. The monoisotopic (exact) mass is 341 g/mol. The molecule has 0 saturated heterocycles. The summed E-state index contributed by atoms with van der Waals surface area (Å²) in [6.45, 7) is 2.56. The minimum atomic E-state index is -0.601. The van der Waals surface area contributed by atoms with Gasteiger partial charge in [0.2, 0.25) is 0 Å². The number of hydrogen-bond acceptors (Lipinski definition) is 5. The number of fused-ring (bicyclic) bond motifs is 1. The van der Waals surface area contributed by atoms with Crippen molar-refractivity contribution >= 4 is 11.6 Å². The number of carbonyl (C=O) groups excluding carboxylic acids is 1. The smallest absolute Gasteiger partial charge is 0.254 e. The predicted molar refractivity (Wildman–Crippen MR) is 96.7 cm³/mol. The minimum Gasteiger partial charge on any atom is -0.508 e. The van der Waals surface area contributed by atoms with Gasteiger partial charge in [-0.25, -0.2) is 0 Å². The topological polar surface area (TPSA) is 84.8 Å². The van der Waals surface area contributed by atoms with Gasteiger partial charge >= 0.3 is 0 Å². The lowest BCUT2D eigenvalue weighted by atomic mass is 10.1. The fourth-order valence-electron chi connectivity index (χ4n) is 2.94. The van der Waals surface area contributed by atoms with Crippen LogP contribution in [0.5, 0.6) is 5.75 Å². The van der Waals surface area contributed by atoms with Crippen molar-refractivity contribution in [2.45, 2.75) is 12.5 Å². The molecule has 0 aliphatic carbocycles. The van der Waals surface area contributed by atoms with Gasteiger partial charge in [0, 0.05) is 13.1 Å². The zero-order chi connectivity index (χ0) is 17.6. The van der Waals surface area contributed by atoms with Crippen LogP contribution >= 0.6 is 0 Å². The lowest BCUT2D eigenvalue weighted by Gasteiger charge is -2.31. The third-order valence-electron chi connectivity index (χ3n) is 4.32. The number of aliphatic hydroxyl groups is 1. The van der Waals surface area contributed by atoms with E-state index < -0.39 is 6.10 Å². The van der Waals surface area contributed by atoms with E-state index in [0.717, 1.165) is 30.8 Å². The number of phenols is 1. The number of carbonyl (C=O) groups is 1. The summed E-state index contributed by atoms with van der Waals surface area (Å²) in [4.78, 5) is 14.0. The Bertz CT molecular complexity index is 718. The number of phenolic OH excluding ortho intramolecular Hbond substituents is 1. The fourth-order valence-corrected chi connectivity index (χ4v) is 2.94. The molecule has 1 heterocycles. The van der Waals surface area contributed by atoms with E-state index in [1.54, 1.807) is 24.3 Å². The van der Waals surface area contributed by atoms with Gasteiger partial charge in [-0.1, -0.05) is 24.3 Å². The van der Waals surface area contributed by atoms with Crippen LogP contribution in [0.4, 0.5) is 5.69 Å². The number of para-hydroxylation sites is 1. The number of rotatable bonds is 7. The fraction of sp³-hybridized carbons (Fsp3) is 0.316. The zero-order valence-electron chi connectivity index (χ0n) is 14.0. The maximum absolute atomic E-state index is 11.8. The number of aliphatic hydroxyl groups excluding tert-OH is 1. The average Bonchev–Trinajstić information content (AvgIpc) is 2.64. The second-order valence-corrected chi connectivity index (χ2v) is 6.11. The van der Waals surface area contributed by atoms with Crippen LogP contribution in [0.2, 0.25) is 0 Å². The average molecular weight is 341 g/mol. The van der Waals surface area contributed by atoms with Crippen LogP contribution in [0.3, 0.4) is 0 Å². The van der Waals surface area contributed by atoms with Crippen LogP contribution in [0.25, 0.3) is 0 Å². The molecule has 6 heteroatoms. The first-order valence-corrected chi connectivity index (χ1v) is 8.45. The highest BCUT2D eigenvalue weighted by atomic mass is 16.3. The molecule has 0 spiro atoms. The highest BCUT2D eigenvalue weighted by molar-refractivity contribution is 6.01. The highest BCUT2D eigenvalue weighted by Gasteiger charge is 2.21. The summed E-state index contributed by atoms with van der Waals surface area (Å²) in [5, 5.41) is 25.5. The van der Waals surface area contributed by atoms with Gasteiger partial charge in [0.25, 0.3) is 5.91 Å². The number of benzene rings is 2. The Balaban J connectivity index is 1.42. The first-order valence-electron chi connectivity index (χ1n) is 8.45. The molecule has 132 valence electrons. The third-order valence-corrected chi connectivity index (χ3v) is 4.32. The minimum absolute atomic E-state index is 0.0259. The van der Waals surface area contributed by atoms with Crippen molar-refractivity contribution in [3.63, 3.8) is 0 Å². The molecule has 1 aliphatic rings. The summed E-state index contributed by atoms with van der Waals surface area (Å²) in [5.74, 6) is 0.166. The van der Waals surface area contributed by atoms with Crippen molar-refractivity contribution in [3.05, 3.63) is 59.7 Å². The van der Waals surface area contributed by atoms with Crippen LogP contribution in [0.1, 0.15) is 28.4 Å². The van der Waals surface area contributed by atoms with E-state index >= 15 is 0 Å². The Hall–Kier alpha value is -2.57. The molecule has 25 heavy (non-hydrogen) atoms. The Kier molecular flexibility index (Phi) is 5.53. The van der Waals surface area contributed by atoms with Gasteiger partial charge in [0.15, 0.2) is 0 Å². The van der Waals surface area contributed by atoms with Gasteiger partial charge < -0.3 is 25.7 Å². The molecule has 0 bridgehead atoms. The summed E-state index contributed by atoms with van der Waals surface area (Å²) in [6.07, 6.45) is 0.294. The number of nitrogens with zero attached hydrogens (tertiary/aromatic N) is 1. The molecule has 0 aromatic heterocycles. The van der Waals surface area contributed by atoms with E-state index in [2.05, 4.69) is 15.5 Å².